The third-order valence-electron chi connectivity index (χ3n) is 6.41. The van der Waals surface area contributed by atoms with Gasteiger partial charge in [-0.15, -0.1) is 0 Å². The predicted octanol–water partition coefficient (Wildman–Crippen LogP) is -6.20. The van der Waals surface area contributed by atoms with Crippen molar-refractivity contribution < 1.29 is 54.4 Å². The molecule has 2 aliphatic heterocycles. The first-order valence-electron chi connectivity index (χ1n) is 11.7. The van der Waals surface area contributed by atoms with E-state index in [1.54, 1.807) is 0 Å². The Hall–Kier alpha value is -1.09. The number of carbonyl (C=O) groups is 1. The summed E-state index contributed by atoms with van der Waals surface area (Å²) in [7, 11) is 0. The molecule has 16 N–H and O–H groups in total. The minimum Gasteiger partial charge on any atom is -0.481 e. The molecule has 3 rings (SSSR count). The lowest BCUT2D eigenvalue weighted by Crippen LogP contribution is -2.68. The van der Waals surface area contributed by atoms with Crippen LogP contribution in [-0.4, -0.2) is 135 Å². The van der Waals surface area contributed by atoms with Crippen molar-refractivity contribution in [1.29, 1.82) is 0 Å². The number of hydrogen-bond donors (Lipinski definition) is 11. The Labute approximate surface area is 208 Å². The number of aliphatic hydroxyl groups is 5. The number of ether oxygens (including phenoxy) is 4. The molecule has 212 valence electrons. The molecule has 0 aromatic rings. The van der Waals surface area contributed by atoms with Gasteiger partial charge in [0.2, 0.25) is 0 Å². The van der Waals surface area contributed by atoms with Gasteiger partial charge in [-0.05, 0) is 12.8 Å². The lowest BCUT2D eigenvalue weighted by atomic mass is 9.84. The predicted molar refractivity (Wildman–Crippen MR) is 122 cm³/mol. The summed E-state index contributed by atoms with van der Waals surface area (Å²) in [5.74, 6) is -0.833. The zero-order chi connectivity index (χ0) is 27.3. The smallest absolute Gasteiger partial charge is 0.300 e. The van der Waals surface area contributed by atoms with Crippen LogP contribution in [0.4, 0.5) is 0 Å². The van der Waals surface area contributed by atoms with Crippen LogP contribution in [-0.2, 0) is 23.7 Å². The number of carboxylic acid groups (broad SMARTS) is 1. The second-order valence-corrected chi connectivity index (χ2v) is 9.30. The topological polar surface area (TPSA) is 305 Å². The van der Waals surface area contributed by atoms with Gasteiger partial charge in [0.25, 0.3) is 5.97 Å². The van der Waals surface area contributed by atoms with Crippen LogP contribution in [0.1, 0.15) is 19.8 Å². The van der Waals surface area contributed by atoms with E-state index < -0.39 is 98.2 Å². The van der Waals surface area contributed by atoms with E-state index in [1.165, 1.54) is 0 Å². The lowest BCUT2D eigenvalue weighted by Gasteiger charge is -2.47. The number of aliphatic carboxylic acids is 1. The van der Waals surface area contributed by atoms with Gasteiger partial charge in [0.15, 0.2) is 12.6 Å². The summed E-state index contributed by atoms with van der Waals surface area (Å²) < 4.78 is 22.7. The van der Waals surface area contributed by atoms with E-state index >= 15 is 0 Å². The number of rotatable bonds is 6. The quantitative estimate of drug-likeness (QED) is 0.153. The van der Waals surface area contributed by atoms with Crippen LogP contribution in [0, 0.1) is 0 Å². The molecule has 0 bridgehead atoms. The Bertz CT molecular complexity index is 690. The fourth-order valence-electron chi connectivity index (χ4n) is 4.43. The molecule has 2 saturated heterocycles. The molecule has 2 heterocycles. The van der Waals surface area contributed by atoms with Crippen molar-refractivity contribution >= 4 is 5.97 Å². The Morgan fingerprint density at radius 1 is 0.833 bits per heavy atom. The van der Waals surface area contributed by atoms with Crippen LogP contribution in [0.5, 0.6) is 0 Å². The molecule has 3 aliphatic rings. The molecule has 0 amide bonds. The van der Waals surface area contributed by atoms with Gasteiger partial charge in [-0.25, -0.2) is 0 Å². The van der Waals surface area contributed by atoms with Crippen LogP contribution >= 0.6 is 0 Å². The van der Waals surface area contributed by atoms with Gasteiger partial charge in [0.05, 0.1) is 30.9 Å². The summed E-state index contributed by atoms with van der Waals surface area (Å²) in [6.45, 7) is 0.584. The normalized spacial score (nSPS) is 47.5. The van der Waals surface area contributed by atoms with Gasteiger partial charge in [0.1, 0.15) is 36.6 Å². The van der Waals surface area contributed by atoms with E-state index in [4.69, 9.17) is 57.5 Å². The molecule has 16 heteroatoms. The molecular weight excluding hydrogens is 486 g/mol. The van der Waals surface area contributed by atoms with Gasteiger partial charge in [-0.2, -0.15) is 0 Å². The minimum absolute atomic E-state index is 0.0542. The van der Waals surface area contributed by atoms with Crippen molar-refractivity contribution in [2.45, 2.75) is 105 Å². The maximum atomic E-state index is 11.0. The second-order valence-electron chi connectivity index (χ2n) is 9.30. The van der Waals surface area contributed by atoms with Crippen LogP contribution in [0.25, 0.3) is 0 Å². The molecular formula is C20H41N5O11. The summed E-state index contributed by atoms with van der Waals surface area (Å²) in [5.41, 5.74) is 29.8. The maximum Gasteiger partial charge on any atom is 0.300 e. The highest BCUT2D eigenvalue weighted by molar-refractivity contribution is 5.62. The van der Waals surface area contributed by atoms with Crippen molar-refractivity contribution in [3.05, 3.63) is 0 Å². The van der Waals surface area contributed by atoms with Gasteiger partial charge in [-0.1, -0.05) is 0 Å². The standard InChI is InChI=1S/C18H37N5O9.C2H4O2/c19-3-9-8(25)2-7(22)17(29-9)31-15-5(20)1-6(21)16(14(15)28)32-18-13(27)11(23)12(26)10(4-24)30-18;1-2(3)4/h5-18,24-28H,1-4,19-23H2;1H3,(H,3,4)/t5-,6+,7+,8-,9+,10+,11-,12+,13+,14-,15+,16-,17+,18+;/m0./s1. The maximum absolute atomic E-state index is 11.0. The molecule has 0 aromatic carbocycles. The summed E-state index contributed by atoms with van der Waals surface area (Å²) in [5, 5.41) is 58.1. The SMILES string of the molecule is CC(=O)O.NC[C@H]1O[C@H](O[C@H]2[C@H](O)[C@@H](O[C@H]3O[C@H](CO)[C@@H](O)[C@H](N)[C@H]3O)[C@H](N)C[C@@H]2N)[C@H](N)C[C@@H]1O. The van der Waals surface area contributed by atoms with E-state index in [0.29, 0.717) is 0 Å². The first-order chi connectivity index (χ1) is 16.8. The van der Waals surface area contributed by atoms with Crippen LogP contribution in [0.2, 0.25) is 0 Å². The van der Waals surface area contributed by atoms with Gasteiger partial charge >= 0.3 is 0 Å². The highest BCUT2D eigenvalue weighted by Gasteiger charge is 2.50. The average molecular weight is 528 g/mol. The number of hydrogen-bond acceptors (Lipinski definition) is 15. The zero-order valence-corrected chi connectivity index (χ0v) is 20.0. The van der Waals surface area contributed by atoms with E-state index in [0.717, 1.165) is 6.92 Å². The fourth-order valence-corrected chi connectivity index (χ4v) is 4.43. The molecule has 3 fully saturated rings. The molecule has 0 unspecified atom stereocenters. The molecule has 0 aromatic heterocycles. The minimum atomic E-state index is -1.44. The Balaban J connectivity index is 0.00000106. The van der Waals surface area contributed by atoms with Crippen LogP contribution in [0.15, 0.2) is 0 Å². The largest absolute Gasteiger partial charge is 0.481 e. The molecule has 1 saturated carbocycles. The van der Waals surface area contributed by atoms with E-state index in [9.17, 15) is 25.5 Å². The van der Waals surface area contributed by atoms with Crippen molar-refractivity contribution in [1.82, 2.24) is 0 Å². The summed E-state index contributed by atoms with van der Waals surface area (Å²) >= 11 is 0. The third kappa shape index (κ3) is 7.49. The summed E-state index contributed by atoms with van der Waals surface area (Å²) in [6.07, 6.45) is -10.8. The number of nitrogens with two attached hydrogens (primary N) is 5. The van der Waals surface area contributed by atoms with Crippen LogP contribution in [0.3, 0.4) is 0 Å². The first kappa shape index (κ1) is 31.1. The Kier molecular flexibility index (Phi) is 11.8. The Morgan fingerprint density at radius 3 is 1.83 bits per heavy atom. The number of carboxylic acids is 1. The molecule has 36 heavy (non-hydrogen) atoms. The highest BCUT2D eigenvalue weighted by Crippen LogP contribution is 2.30. The molecule has 16 nitrogen and oxygen atoms in total. The third-order valence-corrected chi connectivity index (χ3v) is 6.41. The van der Waals surface area contributed by atoms with Crippen LogP contribution < -0.4 is 28.7 Å². The van der Waals surface area contributed by atoms with Gasteiger partial charge < -0.3 is 78.3 Å². The average Bonchev–Trinajstić information content (AvgIpc) is 2.80. The van der Waals surface area contributed by atoms with E-state index in [2.05, 4.69) is 0 Å². The Morgan fingerprint density at radius 2 is 1.33 bits per heavy atom. The highest BCUT2D eigenvalue weighted by atomic mass is 16.7. The molecule has 1 aliphatic carbocycles. The van der Waals surface area contributed by atoms with Crippen molar-refractivity contribution in [3.8, 4) is 0 Å². The number of aliphatic hydroxyl groups excluding tert-OH is 5. The molecule has 0 radical (unpaired) electrons. The summed E-state index contributed by atoms with van der Waals surface area (Å²) in [6, 6.07) is -3.27. The van der Waals surface area contributed by atoms with E-state index in [-0.39, 0.29) is 19.4 Å². The van der Waals surface area contributed by atoms with Crippen molar-refractivity contribution in [2.75, 3.05) is 13.2 Å². The summed E-state index contributed by atoms with van der Waals surface area (Å²) in [4.78, 5) is 9.00. The van der Waals surface area contributed by atoms with Gasteiger partial charge in [0, 0.05) is 25.6 Å². The zero-order valence-electron chi connectivity index (χ0n) is 20.0. The monoisotopic (exact) mass is 527 g/mol. The van der Waals surface area contributed by atoms with Crippen molar-refractivity contribution in [2.24, 2.45) is 28.7 Å². The second kappa shape index (κ2) is 13.6. The molecule has 14 atom stereocenters. The lowest BCUT2D eigenvalue weighted by molar-refractivity contribution is -0.314. The van der Waals surface area contributed by atoms with Crippen molar-refractivity contribution in [3.63, 3.8) is 0 Å². The first-order valence-corrected chi connectivity index (χ1v) is 11.7. The van der Waals surface area contributed by atoms with E-state index in [1.807, 2.05) is 0 Å². The molecule has 0 spiro atoms. The van der Waals surface area contributed by atoms with Gasteiger partial charge in [-0.3, -0.25) is 4.79 Å². The fraction of sp³-hybridized carbons (Fsp3) is 0.950.